The Morgan fingerprint density at radius 3 is 2.93 bits per heavy atom. The summed E-state index contributed by atoms with van der Waals surface area (Å²) >= 11 is 0. The van der Waals surface area contributed by atoms with Gasteiger partial charge in [-0.25, -0.2) is 0 Å². The van der Waals surface area contributed by atoms with Crippen LogP contribution in [0.1, 0.15) is 30.3 Å². The molecule has 1 aliphatic rings. The maximum atomic E-state index is 11.7. The molecule has 1 fully saturated rings. The zero-order chi connectivity index (χ0) is 9.97. The first-order valence-corrected chi connectivity index (χ1v) is 5.22. The van der Waals surface area contributed by atoms with Crippen LogP contribution in [0.15, 0.2) is 18.3 Å². The van der Waals surface area contributed by atoms with Crippen molar-refractivity contribution in [3.05, 3.63) is 24.0 Å². The minimum atomic E-state index is 0.198. The summed E-state index contributed by atoms with van der Waals surface area (Å²) in [5, 5.41) is 0. The molecule has 76 valence electrons. The Morgan fingerprint density at radius 1 is 1.64 bits per heavy atom. The number of rotatable bonds is 5. The normalized spacial score (nSPS) is 16.1. The summed E-state index contributed by atoms with van der Waals surface area (Å²) in [6.45, 7) is 3.64. The van der Waals surface area contributed by atoms with E-state index in [1.54, 1.807) is 6.20 Å². The Kier molecular flexibility index (Phi) is 2.68. The standard InChI is InChI=1S/C11H16N2O/c1-2-13(9-5-6-9)8-11(14)10-4-3-7-12-10/h3-4,7,9,12H,2,5-6,8H2,1H3. The molecule has 1 aliphatic carbocycles. The fourth-order valence-electron chi connectivity index (χ4n) is 1.71. The summed E-state index contributed by atoms with van der Waals surface area (Å²) in [4.78, 5) is 16.9. The molecule has 14 heavy (non-hydrogen) atoms. The topological polar surface area (TPSA) is 36.1 Å². The molecule has 2 rings (SSSR count). The number of Topliss-reactive ketones (excluding diaryl/α,β-unsaturated/α-hetero) is 1. The van der Waals surface area contributed by atoms with E-state index in [1.807, 2.05) is 12.1 Å². The van der Waals surface area contributed by atoms with Gasteiger partial charge in [-0.15, -0.1) is 0 Å². The SMILES string of the molecule is CCN(CC(=O)c1ccc[nH]1)C1CC1. The molecule has 1 aromatic heterocycles. The molecule has 1 aromatic rings. The predicted octanol–water partition coefficient (Wildman–Crippen LogP) is 1.68. The van der Waals surface area contributed by atoms with Crippen LogP contribution >= 0.6 is 0 Å². The van der Waals surface area contributed by atoms with Gasteiger partial charge in [-0.2, -0.15) is 0 Å². The molecule has 0 aromatic carbocycles. The number of nitrogens with one attached hydrogen (secondary N) is 1. The molecule has 0 amide bonds. The highest BCUT2D eigenvalue weighted by atomic mass is 16.1. The molecule has 0 atom stereocenters. The van der Waals surface area contributed by atoms with Crippen LogP contribution in [0.4, 0.5) is 0 Å². The Balaban J connectivity index is 1.92. The van der Waals surface area contributed by atoms with Gasteiger partial charge in [0.15, 0.2) is 5.78 Å². The number of carbonyl (C=O) groups is 1. The van der Waals surface area contributed by atoms with E-state index in [9.17, 15) is 4.79 Å². The quantitative estimate of drug-likeness (QED) is 0.720. The van der Waals surface area contributed by atoms with Crippen molar-refractivity contribution in [1.29, 1.82) is 0 Å². The zero-order valence-electron chi connectivity index (χ0n) is 8.49. The fourth-order valence-corrected chi connectivity index (χ4v) is 1.71. The van der Waals surface area contributed by atoms with Crippen molar-refractivity contribution in [2.24, 2.45) is 0 Å². The number of carbonyl (C=O) groups excluding carboxylic acids is 1. The number of hydrogen-bond donors (Lipinski definition) is 1. The number of likely N-dealkylation sites (N-methyl/N-ethyl adjacent to an activating group) is 1. The van der Waals surface area contributed by atoms with Gasteiger partial charge in [0.25, 0.3) is 0 Å². The number of nitrogens with zero attached hydrogens (tertiary/aromatic N) is 1. The smallest absolute Gasteiger partial charge is 0.192 e. The maximum absolute atomic E-state index is 11.7. The lowest BCUT2D eigenvalue weighted by molar-refractivity contribution is 0.0924. The summed E-state index contributed by atoms with van der Waals surface area (Å²) in [7, 11) is 0. The minimum absolute atomic E-state index is 0.198. The van der Waals surface area contributed by atoms with E-state index >= 15 is 0 Å². The number of aromatic amines is 1. The number of ketones is 1. The first-order valence-electron chi connectivity index (χ1n) is 5.22. The molecular formula is C11H16N2O. The van der Waals surface area contributed by atoms with Crippen LogP contribution in [0.25, 0.3) is 0 Å². The second-order valence-electron chi connectivity index (χ2n) is 3.80. The molecular weight excluding hydrogens is 176 g/mol. The van der Waals surface area contributed by atoms with E-state index in [2.05, 4.69) is 16.8 Å². The van der Waals surface area contributed by atoms with Crippen LogP contribution < -0.4 is 0 Å². The van der Waals surface area contributed by atoms with E-state index in [0.29, 0.717) is 12.6 Å². The predicted molar refractivity (Wildman–Crippen MR) is 55.4 cm³/mol. The molecule has 0 spiro atoms. The van der Waals surface area contributed by atoms with Crippen molar-refractivity contribution in [1.82, 2.24) is 9.88 Å². The van der Waals surface area contributed by atoms with Crippen LogP contribution in [-0.2, 0) is 0 Å². The summed E-state index contributed by atoms with van der Waals surface area (Å²) in [5.41, 5.74) is 0.726. The van der Waals surface area contributed by atoms with E-state index < -0.39 is 0 Å². The van der Waals surface area contributed by atoms with Crippen molar-refractivity contribution in [2.75, 3.05) is 13.1 Å². The Labute approximate surface area is 84.1 Å². The molecule has 0 aliphatic heterocycles. The van der Waals surface area contributed by atoms with Gasteiger partial charge >= 0.3 is 0 Å². The fraction of sp³-hybridized carbons (Fsp3) is 0.545. The zero-order valence-corrected chi connectivity index (χ0v) is 8.49. The Bertz CT molecular complexity index is 301. The molecule has 1 saturated carbocycles. The lowest BCUT2D eigenvalue weighted by Gasteiger charge is -2.17. The minimum Gasteiger partial charge on any atom is -0.359 e. The average Bonchev–Trinajstić information content (AvgIpc) is 2.88. The van der Waals surface area contributed by atoms with E-state index in [1.165, 1.54) is 12.8 Å². The van der Waals surface area contributed by atoms with Gasteiger partial charge in [0.05, 0.1) is 12.2 Å². The van der Waals surface area contributed by atoms with Gasteiger partial charge in [0.1, 0.15) is 0 Å². The van der Waals surface area contributed by atoms with Gasteiger partial charge < -0.3 is 4.98 Å². The highest BCUT2D eigenvalue weighted by Crippen LogP contribution is 2.26. The third-order valence-electron chi connectivity index (χ3n) is 2.71. The van der Waals surface area contributed by atoms with Crippen LogP contribution in [-0.4, -0.2) is 34.8 Å². The van der Waals surface area contributed by atoms with Crippen molar-refractivity contribution in [2.45, 2.75) is 25.8 Å². The van der Waals surface area contributed by atoms with Crippen molar-refractivity contribution >= 4 is 5.78 Å². The monoisotopic (exact) mass is 192 g/mol. The second-order valence-corrected chi connectivity index (χ2v) is 3.80. The molecule has 0 bridgehead atoms. The lowest BCUT2D eigenvalue weighted by atomic mass is 10.2. The Hall–Kier alpha value is -1.09. The van der Waals surface area contributed by atoms with Crippen LogP contribution in [0, 0.1) is 0 Å². The second kappa shape index (κ2) is 3.96. The summed E-state index contributed by atoms with van der Waals surface area (Å²) in [5.74, 6) is 0.198. The molecule has 0 radical (unpaired) electrons. The van der Waals surface area contributed by atoms with Crippen LogP contribution in [0.3, 0.4) is 0 Å². The first kappa shape index (κ1) is 9.46. The highest BCUT2D eigenvalue weighted by molar-refractivity contribution is 5.95. The van der Waals surface area contributed by atoms with Crippen molar-refractivity contribution in [3.8, 4) is 0 Å². The third-order valence-corrected chi connectivity index (χ3v) is 2.71. The molecule has 1 heterocycles. The Morgan fingerprint density at radius 2 is 2.43 bits per heavy atom. The molecule has 3 nitrogen and oxygen atoms in total. The summed E-state index contributed by atoms with van der Waals surface area (Å²) in [6.07, 6.45) is 4.30. The van der Waals surface area contributed by atoms with E-state index in [-0.39, 0.29) is 5.78 Å². The highest BCUT2D eigenvalue weighted by Gasteiger charge is 2.29. The summed E-state index contributed by atoms with van der Waals surface area (Å²) < 4.78 is 0. The largest absolute Gasteiger partial charge is 0.359 e. The average molecular weight is 192 g/mol. The van der Waals surface area contributed by atoms with Crippen LogP contribution in [0.2, 0.25) is 0 Å². The number of H-pyrrole nitrogens is 1. The summed E-state index contributed by atoms with van der Waals surface area (Å²) in [6, 6.07) is 4.36. The van der Waals surface area contributed by atoms with Gasteiger partial charge in [0.2, 0.25) is 0 Å². The number of aromatic nitrogens is 1. The lowest BCUT2D eigenvalue weighted by Crippen LogP contribution is -2.31. The third kappa shape index (κ3) is 2.04. The van der Waals surface area contributed by atoms with Crippen LogP contribution in [0.5, 0.6) is 0 Å². The number of hydrogen-bond acceptors (Lipinski definition) is 2. The maximum Gasteiger partial charge on any atom is 0.192 e. The van der Waals surface area contributed by atoms with Gasteiger partial charge in [-0.3, -0.25) is 9.69 Å². The molecule has 0 saturated heterocycles. The van der Waals surface area contributed by atoms with Crippen molar-refractivity contribution < 1.29 is 4.79 Å². The van der Waals surface area contributed by atoms with E-state index in [0.717, 1.165) is 12.2 Å². The van der Waals surface area contributed by atoms with Crippen molar-refractivity contribution in [3.63, 3.8) is 0 Å². The van der Waals surface area contributed by atoms with Gasteiger partial charge in [-0.05, 0) is 31.5 Å². The molecule has 0 unspecified atom stereocenters. The van der Waals surface area contributed by atoms with Gasteiger partial charge in [0, 0.05) is 12.2 Å². The molecule has 3 heteroatoms. The van der Waals surface area contributed by atoms with E-state index in [4.69, 9.17) is 0 Å². The first-order chi connectivity index (χ1) is 6.81. The molecule has 1 N–H and O–H groups in total. The van der Waals surface area contributed by atoms with Gasteiger partial charge in [-0.1, -0.05) is 6.92 Å².